The molecule has 2 rings (SSSR count). The minimum atomic E-state index is 0.257. The molecule has 1 nitrogen and oxygen atoms in total. The molecule has 2 aromatic carbocycles. The third-order valence-corrected chi connectivity index (χ3v) is 4.34. The quantitative estimate of drug-likeness (QED) is 0.635. The van der Waals surface area contributed by atoms with Gasteiger partial charge in [-0.2, -0.15) is 0 Å². The Kier molecular flexibility index (Phi) is 4.56. The summed E-state index contributed by atoms with van der Waals surface area (Å²) in [5, 5.41) is 2.54. The average Bonchev–Trinajstić information content (AvgIpc) is 2.41. The largest absolute Gasteiger partial charge is 0.497 e. The molecule has 1 unspecified atom stereocenters. The topological polar surface area (TPSA) is 9.23 Å². The molecule has 0 radical (unpaired) electrons. The highest BCUT2D eigenvalue weighted by molar-refractivity contribution is 5.84. The average molecular weight is 298 g/mol. The summed E-state index contributed by atoms with van der Waals surface area (Å²) >= 11 is 0. The van der Waals surface area contributed by atoms with Gasteiger partial charge in [0.2, 0.25) is 0 Å². The van der Waals surface area contributed by atoms with Gasteiger partial charge in [0.15, 0.2) is 0 Å². The van der Waals surface area contributed by atoms with E-state index in [1.807, 2.05) is 6.07 Å². The van der Waals surface area contributed by atoms with Gasteiger partial charge in [-0.25, -0.2) is 0 Å². The molecule has 0 aliphatic rings. The van der Waals surface area contributed by atoms with Gasteiger partial charge >= 0.3 is 0 Å². The molecular weight excluding hydrogens is 268 g/mol. The molecule has 0 saturated heterocycles. The molecule has 0 saturated carbocycles. The van der Waals surface area contributed by atoms with E-state index in [4.69, 9.17) is 4.74 Å². The summed E-state index contributed by atoms with van der Waals surface area (Å²) in [6.45, 7) is 14.0. The monoisotopic (exact) mass is 298 g/mol. The Hall–Kier alpha value is -1.50. The lowest BCUT2D eigenvalue weighted by atomic mass is 9.69. The lowest BCUT2D eigenvalue weighted by molar-refractivity contribution is 0.229. The summed E-state index contributed by atoms with van der Waals surface area (Å²) in [4.78, 5) is 0. The molecule has 0 aromatic heterocycles. The van der Waals surface area contributed by atoms with Crippen LogP contribution in [0.1, 0.15) is 59.4 Å². The molecule has 1 heteroatoms. The lowest BCUT2D eigenvalue weighted by Crippen LogP contribution is -2.23. The molecule has 0 aliphatic heterocycles. The van der Waals surface area contributed by atoms with E-state index in [2.05, 4.69) is 71.9 Å². The number of methoxy groups -OCH3 is 1. The maximum atomic E-state index is 5.32. The molecule has 120 valence electrons. The van der Waals surface area contributed by atoms with Crippen molar-refractivity contribution in [2.75, 3.05) is 7.11 Å². The third-order valence-electron chi connectivity index (χ3n) is 4.34. The highest BCUT2D eigenvalue weighted by Crippen LogP contribution is 2.43. The van der Waals surface area contributed by atoms with E-state index in [0.29, 0.717) is 11.3 Å². The molecule has 0 spiro atoms. The first-order valence-electron chi connectivity index (χ1n) is 8.18. The van der Waals surface area contributed by atoms with Crippen LogP contribution < -0.4 is 4.74 Å². The van der Waals surface area contributed by atoms with Gasteiger partial charge in [0, 0.05) is 0 Å². The van der Waals surface area contributed by atoms with Crippen LogP contribution in [0.25, 0.3) is 10.8 Å². The number of hydrogen-bond acceptors (Lipinski definition) is 1. The van der Waals surface area contributed by atoms with Crippen molar-refractivity contribution < 1.29 is 4.74 Å². The van der Waals surface area contributed by atoms with Crippen LogP contribution in [0.3, 0.4) is 0 Å². The fraction of sp³-hybridized carbons (Fsp3) is 0.524. The molecule has 2 aromatic rings. The van der Waals surface area contributed by atoms with Crippen LogP contribution in [-0.2, 0) is 0 Å². The smallest absolute Gasteiger partial charge is 0.119 e. The summed E-state index contributed by atoms with van der Waals surface area (Å²) < 4.78 is 5.32. The second kappa shape index (κ2) is 5.95. The zero-order chi connectivity index (χ0) is 16.5. The number of hydrogen-bond donors (Lipinski definition) is 0. The summed E-state index contributed by atoms with van der Waals surface area (Å²) in [5.74, 6) is 1.47. The predicted octanol–water partition coefficient (Wildman–Crippen LogP) is 6.41. The zero-order valence-electron chi connectivity index (χ0n) is 15.2. The summed E-state index contributed by atoms with van der Waals surface area (Å²) in [6, 6.07) is 13.2. The first kappa shape index (κ1) is 16.9. The number of rotatable bonds is 3. The minimum absolute atomic E-state index is 0.257. The Morgan fingerprint density at radius 3 is 2.00 bits per heavy atom. The Balaban J connectivity index is 2.46. The molecule has 0 fully saturated rings. The Labute approximate surface area is 135 Å². The van der Waals surface area contributed by atoms with Crippen molar-refractivity contribution in [2.45, 2.75) is 53.9 Å². The van der Waals surface area contributed by atoms with Gasteiger partial charge in [-0.15, -0.1) is 0 Å². The summed E-state index contributed by atoms with van der Waals surface area (Å²) in [7, 11) is 1.72. The van der Waals surface area contributed by atoms with Crippen molar-refractivity contribution in [1.29, 1.82) is 0 Å². The van der Waals surface area contributed by atoms with Crippen molar-refractivity contribution in [3.05, 3.63) is 42.0 Å². The fourth-order valence-corrected chi connectivity index (χ4v) is 3.12. The molecule has 0 bridgehead atoms. The van der Waals surface area contributed by atoms with Crippen molar-refractivity contribution in [2.24, 2.45) is 10.8 Å². The number of benzene rings is 2. The molecule has 0 aliphatic carbocycles. The maximum absolute atomic E-state index is 5.32. The Bertz CT molecular complexity index is 641. The van der Waals surface area contributed by atoms with E-state index in [1.165, 1.54) is 22.8 Å². The van der Waals surface area contributed by atoms with Gasteiger partial charge in [-0.1, -0.05) is 65.8 Å². The highest BCUT2D eigenvalue weighted by Gasteiger charge is 2.30. The number of fused-ring (bicyclic) bond motifs is 1. The first-order valence-corrected chi connectivity index (χ1v) is 8.18. The van der Waals surface area contributed by atoms with Crippen molar-refractivity contribution in [1.82, 2.24) is 0 Å². The van der Waals surface area contributed by atoms with Crippen molar-refractivity contribution >= 4 is 10.8 Å². The Morgan fingerprint density at radius 2 is 1.45 bits per heavy atom. The van der Waals surface area contributed by atoms with E-state index in [9.17, 15) is 0 Å². The van der Waals surface area contributed by atoms with Crippen molar-refractivity contribution in [3.63, 3.8) is 0 Å². The maximum Gasteiger partial charge on any atom is 0.119 e. The normalized spacial score (nSPS) is 14.1. The van der Waals surface area contributed by atoms with E-state index >= 15 is 0 Å². The van der Waals surface area contributed by atoms with Crippen LogP contribution in [0.4, 0.5) is 0 Å². The molecule has 22 heavy (non-hydrogen) atoms. The SMILES string of the molecule is COc1ccc2cc(C(CC(C)(C)C)C(C)(C)C)ccc2c1. The van der Waals surface area contributed by atoms with E-state index in [-0.39, 0.29) is 5.41 Å². The second-order valence-electron chi connectivity index (χ2n) is 8.66. The molecule has 0 N–H and O–H groups in total. The summed E-state index contributed by atoms with van der Waals surface area (Å²) in [6.07, 6.45) is 1.19. The van der Waals surface area contributed by atoms with Crippen LogP contribution in [0.2, 0.25) is 0 Å². The van der Waals surface area contributed by atoms with Crippen LogP contribution in [0.5, 0.6) is 5.75 Å². The fourth-order valence-electron chi connectivity index (χ4n) is 3.12. The van der Waals surface area contributed by atoms with Gasteiger partial charge in [-0.05, 0) is 51.6 Å². The minimum Gasteiger partial charge on any atom is -0.497 e. The van der Waals surface area contributed by atoms with Crippen LogP contribution >= 0.6 is 0 Å². The van der Waals surface area contributed by atoms with Crippen LogP contribution in [0, 0.1) is 10.8 Å². The third kappa shape index (κ3) is 4.03. The number of ether oxygens (including phenoxy) is 1. The van der Waals surface area contributed by atoms with Gasteiger partial charge in [0.05, 0.1) is 7.11 Å². The molecule has 0 heterocycles. The van der Waals surface area contributed by atoms with Crippen molar-refractivity contribution in [3.8, 4) is 5.75 Å². The second-order valence-corrected chi connectivity index (χ2v) is 8.66. The van der Waals surface area contributed by atoms with Crippen LogP contribution in [0.15, 0.2) is 36.4 Å². The first-order chi connectivity index (χ1) is 10.1. The Morgan fingerprint density at radius 1 is 0.864 bits per heavy atom. The standard InChI is InChI=1S/C21H30O/c1-20(2,3)14-19(21(4,5)6)17-9-8-16-13-18(22-7)11-10-15(16)12-17/h8-13,19H,14H2,1-7H3. The lowest BCUT2D eigenvalue weighted by Gasteiger charge is -2.36. The van der Waals surface area contributed by atoms with Gasteiger partial charge in [0.25, 0.3) is 0 Å². The predicted molar refractivity (Wildman–Crippen MR) is 96.8 cm³/mol. The van der Waals surface area contributed by atoms with Gasteiger partial charge in [0.1, 0.15) is 5.75 Å². The molecule has 1 atom stereocenters. The van der Waals surface area contributed by atoms with Crippen LogP contribution in [-0.4, -0.2) is 7.11 Å². The van der Waals surface area contributed by atoms with E-state index < -0.39 is 0 Å². The summed E-state index contributed by atoms with van der Waals surface area (Å²) in [5.41, 5.74) is 2.03. The highest BCUT2D eigenvalue weighted by atomic mass is 16.5. The van der Waals surface area contributed by atoms with E-state index in [1.54, 1.807) is 7.11 Å². The van der Waals surface area contributed by atoms with E-state index in [0.717, 1.165) is 5.75 Å². The molecule has 0 amide bonds. The van der Waals surface area contributed by atoms with Gasteiger partial charge in [-0.3, -0.25) is 0 Å². The zero-order valence-corrected chi connectivity index (χ0v) is 15.2. The molecular formula is C21H30O. The van der Waals surface area contributed by atoms with Gasteiger partial charge < -0.3 is 4.74 Å².